The van der Waals surface area contributed by atoms with Crippen molar-refractivity contribution in [2.75, 3.05) is 25.5 Å². The van der Waals surface area contributed by atoms with E-state index >= 15 is 0 Å². The highest BCUT2D eigenvalue weighted by molar-refractivity contribution is 5.89. The number of carbonyl (C=O) groups is 2. The number of methoxy groups -OCH3 is 1. The van der Waals surface area contributed by atoms with Gasteiger partial charge in [0.15, 0.2) is 17.5 Å². The molecule has 126 valence electrons. The number of nitrogens with one attached hydrogen (secondary N) is 2. The van der Waals surface area contributed by atoms with Crippen molar-refractivity contribution in [3.8, 4) is 0 Å². The van der Waals surface area contributed by atoms with Crippen LogP contribution in [0.1, 0.15) is 12.8 Å². The Bertz CT molecular complexity index is 604. The predicted octanol–water partition coefficient (Wildman–Crippen LogP) is 2.46. The summed E-state index contributed by atoms with van der Waals surface area (Å²) in [5.41, 5.74) is -0.451. The van der Waals surface area contributed by atoms with Gasteiger partial charge in [-0.15, -0.1) is 0 Å². The molecule has 2 rings (SSSR count). The third kappa shape index (κ3) is 4.05. The molecule has 0 unspecified atom stereocenters. The number of rotatable bonds is 2. The quantitative estimate of drug-likeness (QED) is 0.818. The first-order chi connectivity index (χ1) is 10.9. The van der Waals surface area contributed by atoms with E-state index in [4.69, 9.17) is 0 Å². The number of nitrogens with zero attached hydrogens (tertiary/aromatic N) is 1. The minimum Gasteiger partial charge on any atom is -0.453 e. The highest BCUT2D eigenvalue weighted by Crippen LogP contribution is 2.19. The topological polar surface area (TPSA) is 70.7 Å². The third-order valence-corrected chi connectivity index (χ3v) is 3.55. The third-order valence-electron chi connectivity index (χ3n) is 3.55. The summed E-state index contributed by atoms with van der Waals surface area (Å²) in [6.45, 7) is 0.828. The maximum absolute atomic E-state index is 13.5. The van der Waals surface area contributed by atoms with Crippen LogP contribution in [0.4, 0.5) is 28.4 Å². The number of piperidine rings is 1. The first kappa shape index (κ1) is 16.9. The molecule has 0 aromatic heterocycles. The second kappa shape index (κ2) is 7.21. The number of halogens is 3. The molecule has 3 amide bonds. The normalized spacial score (nSPS) is 15.2. The average molecular weight is 331 g/mol. The molecule has 1 saturated heterocycles. The highest BCUT2D eigenvalue weighted by atomic mass is 19.2. The van der Waals surface area contributed by atoms with Crippen molar-refractivity contribution in [3.05, 3.63) is 29.6 Å². The molecule has 0 atom stereocenters. The van der Waals surface area contributed by atoms with Crippen LogP contribution in [0.5, 0.6) is 0 Å². The lowest BCUT2D eigenvalue weighted by Crippen LogP contribution is -2.47. The summed E-state index contributed by atoms with van der Waals surface area (Å²) in [5, 5.41) is 4.73. The van der Waals surface area contributed by atoms with Gasteiger partial charge in [-0.2, -0.15) is 0 Å². The summed E-state index contributed by atoms with van der Waals surface area (Å²) in [6.07, 6.45) is 0.572. The lowest BCUT2D eigenvalue weighted by atomic mass is 10.1. The molecule has 0 spiro atoms. The van der Waals surface area contributed by atoms with Crippen LogP contribution in [-0.2, 0) is 4.74 Å². The van der Waals surface area contributed by atoms with Gasteiger partial charge in [-0.3, -0.25) is 0 Å². The minimum atomic E-state index is -1.64. The van der Waals surface area contributed by atoms with Gasteiger partial charge in [0.05, 0.1) is 12.8 Å². The van der Waals surface area contributed by atoms with Crippen LogP contribution >= 0.6 is 0 Å². The molecule has 0 bridgehead atoms. The summed E-state index contributed by atoms with van der Waals surface area (Å²) in [6, 6.07) is 0.714. The molecule has 0 saturated carbocycles. The van der Waals surface area contributed by atoms with Crippen LogP contribution in [0.15, 0.2) is 12.1 Å². The molecule has 9 heteroatoms. The number of anilines is 1. The van der Waals surface area contributed by atoms with Gasteiger partial charge >= 0.3 is 12.1 Å². The molecule has 1 aliphatic heterocycles. The summed E-state index contributed by atoms with van der Waals surface area (Å²) in [5.74, 6) is -4.43. The monoisotopic (exact) mass is 331 g/mol. The molecule has 0 radical (unpaired) electrons. The van der Waals surface area contributed by atoms with Crippen molar-refractivity contribution >= 4 is 17.8 Å². The number of likely N-dealkylation sites (tertiary alicyclic amines) is 1. The molecule has 2 N–H and O–H groups in total. The first-order valence-corrected chi connectivity index (χ1v) is 6.96. The Hall–Kier alpha value is -2.45. The number of amides is 3. The molecule has 1 aliphatic rings. The number of carbonyl (C=O) groups excluding carboxylic acids is 2. The molecule has 0 aliphatic carbocycles. The molecular weight excluding hydrogens is 315 g/mol. The number of urea groups is 1. The Kier molecular flexibility index (Phi) is 5.30. The van der Waals surface area contributed by atoms with E-state index in [2.05, 4.69) is 15.4 Å². The predicted molar refractivity (Wildman–Crippen MR) is 75.5 cm³/mol. The number of ether oxygens (including phenoxy) is 1. The van der Waals surface area contributed by atoms with Gasteiger partial charge in [-0.1, -0.05) is 0 Å². The number of hydrogen-bond donors (Lipinski definition) is 2. The molecule has 6 nitrogen and oxygen atoms in total. The maximum Gasteiger partial charge on any atom is 0.409 e. The number of benzene rings is 1. The molecular formula is C14H16F3N3O3. The van der Waals surface area contributed by atoms with Gasteiger partial charge in [-0.05, 0) is 25.0 Å². The van der Waals surface area contributed by atoms with Crippen LogP contribution in [0.3, 0.4) is 0 Å². The second-order valence-corrected chi connectivity index (χ2v) is 5.05. The SMILES string of the molecule is COC(=O)N1CCC(NC(=O)Nc2ccc(F)c(F)c2F)CC1. The Balaban J connectivity index is 1.87. The van der Waals surface area contributed by atoms with E-state index in [1.165, 1.54) is 12.0 Å². The Morgan fingerprint density at radius 2 is 1.83 bits per heavy atom. The lowest BCUT2D eigenvalue weighted by Gasteiger charge is -2.31. The molecule has 1 aromatic carbocycles. The zero-order chi connectivity index (χ0) is 17.0. The van der Waals surface area contributed by atoms with Gasteiger partial charge in [0.25, 0.3) is 0 Å². The Morgan fingerprint density at radius 3 is 2.43 bits per heavy atom. The van der Waals surface area contributed by atoms with Crippen molar-refractivity contribution in [1.29, 1.82) is 0 Å². The zero-order valence-electron chi connectivity index (χ0n) is 12.4. The van der Waals surface area contributed by atoms with E-state index in [0.29, 0.717) is 25.9 Å². The van der Waals surface area contributed by atoms with Gasteiger partial charge < -0.3 is 20.3 Å². The van der Waals surface area contributed by atoms with Crippen LogP contribution < -0.4 is 10.6 Å². The fraction of sp³-hybridized carbons (Fsp3) is 0.429. The van der Waals surface area contributed by atoms with Crippen molar-refractivity contribution < 1.29 is 27.5 Å². The molecule has 1 fully saturated rings. The largest absolute Gasteiger partial charge is 0.453 e. The standard InChI is InChI=1S/C14H16F3N3O3/c1-23-14(22)20-6-4-8(5-7-20)18-13(21)19-10-3-2-9(15)11(16)12(10)17/h2-3,8H,4-7H2,1H3,(H2,18,19,21). The molecule has 23 heavy (non-hydrogen) atoms. The van der Waals surface area contributed by atoms with Crippen molar-refractivity contribution in [1.82, 2.24) is 10.2 Å². The Morgan fingerprint density at radius 1 is 1.17 bits per heavy atom. The van der Waals surface area contributed by atoms with Gasteiger partial charge in [0.1, 0.15) is 0 Å². The lowest BCUT2D eigenvalue weighted by molar-refractivity contribution is 0.110. The van der Waals surface area contributed by atoms with E-state index < -0.39 is 35.3 Å². The van der Waals surface area contributed by atoms with E-state index in [1.807, 2.05) is 0 Å². The summed E-state index contributed by atoms with van der Waals surface area (Å²) >= 11 is 0. The van der Waals surface area contributed by atoms with Crippen LogP contribution in [0.2, 0.25) is 0 Å². The van der Waals surface area contributed by atoms with Crippen LogP contribution in [-0.4, -0.2) is 43.3 Å². The summed E-state index contributed by atoms with van der Waals surface area (Å²) in [7, 11) is 1.29. The molecule has 1 heterocycles. The first-order valence-electron chi connectivity index (χ1n) is 6.96. The second-order valence-electron chi connectivity index (χ2n) is 5.05. The van der Waals surface area contributed by atoms with Crippen LogP contribution in [0, 0.1) is 17.5 Å². The number of hydrogen-bond acceptors (Lipinski definition) is 3. The van der Waals surface area contributed by atoms with E-state index in [-0.39, 0.29) is 6.04 Å². The van der Waals surface area contributed by atoms with Crippen molar-refractivity contribution in [3.63, 3.8) is 0 Å². The van der Waals surface area contributed by atoms with Crippen molar-refractivity contribution in [2.24, 2.45) is 0 Å². The fourth-order valence-corrected chi connectivity index (χ4v) is 2.30. The molecule has 1 aromatic rings. The minimum absolute atomic E-state index is 0.218. The summed E-state index contributed by atoms with van der Waals surface area (Å²) in [4.78, 5) is 24.6. The van der Waals surface area contributed by atoms with Crippen molar-refractivity contribution in [2.45, 2.75) is 18.9 Å². The van der Waals surface area contributed by atoms with Gasteiger partial charge in [0, 0.05) is 19.1 Å². The maximum atomic E-state index is 13.5. The smallest absolute Gasteiger partial charge is 0.409 e. The average Bonchev–Trinajstić information content (AvgIpc) is 2.55. The summed E-state index contributed by atoms with van der Waals surface area (Å²) < 4.78 is 44.0. The zero-order valence-corrected chi connectivity index (χ0v) is 12.4. The van der Waals surface area contributed by atoms with E-state index in [1.54, 1.807) is 0 Å². The highest BCUT2D eigenvalue weighted by Gasteiger charge is 2.24. The Labute approximate surface area is 130 Å². The van der Waals surface area contributed by atoms with Gasteiger partial charge in [0.2, 0.25) is 0 Å². The van der Waals surface area contributed by atoms with Crippen LogP contribution in [0.25, 0.3) is 0 Å². The van der Waals surface area contributed by atoms with E-state index in [0.717, 1.165) is 12.1 Å². The fourth-order valence-electron chi connectivity index (χ4n) is 2.30. The van der Waals surface area contributed by atoms with E-state index in [9.17, 15) is 22.8 Å². The van der Waals surface area contributed by atoms with Gasteiger partial charge in [-0.25, -0.2) is 22.8 Å².